The van der Waals surface area contributed by atoms with Crippen molar-refractivity contribution in [2.75, 3.05) is 0 Å². The van der Waals surface area contributed by atoms with Gasteiger partial charge in [0.2, 0.25) is 0 Å². The number of aliphatic hydroxyl groups is 1. The van der Waals surface area contributed by atoms with E-state index >= 15 is 0 Å². The van der Waals surface area contributed by atoms with Gasteiger partial charge in [0.05, 0.1) is 0 Å². The first-order valence-electron chi connectivity index (χ1n) is 1.41. The van der Waals surface area contributed by atoms with Crippen molar-refractivity contribution >= 4 is 19.8 Å². The summed E-state index contributed by atoms with van der Waals surface area (Å²) in [5.41, 5.74) is 0. The van der Waals surface area contributed by atoms with E-state index in [-0.39, 0.29) is 25.9 Å². The van der Waals surface area contributed by atoms with Crippen LogP contribution in [0.25, 0.3) is 0 Å². The molecule has 0 saturated carbocycles. The van der Waals surface area contributed by atoms with Crippen LogP contribution in [0.4, 0.5) is 0 Å². The van der Waals surface area contributed by atoms with Crippen LogP contribution in [0.5, 0.6) is 0 Å². The minimum absolute atomic E-state index is 0. The van der Waals surface area contributed by atoms with Gasteiger partial charge in [0.25, 0.3) is 0 Å². The molecule has 0 aliphatic heterocycles. The van der Waals surface area contributed by atoms with Crippen molar-refractivity contribution in [3.8, 4) is 0 Å². The standard InChI is InChI=1S/C3H8O.Ga/c1-3(2)4;/h3-4H,1-2H3;. The molecule has 1 N–H and O–H groups in total. The fourth-order valence-electron chi connectivity index (χ4n) is 0. The summed E-state index contributed by atoms with van der Waals surface area (Å²) in [6, 6.07) is 0. The fourth-order valence-corrected chi connectivity index (χ4v) is 0. The summed E-state index contributed by atoms with van der Waals surface area (Å²) in [4.78, 5) is 0. The van der Waals surface area contributed by atoms with E-state index in [9.17, 15) is 0 Å². The molecule has 0 unspecified atom stereocenters. The van der Waals surface area contributed by atoms with Gasteiger partial charge in [-0.2, -0.15) is 0 Å². The van der Waals surface area contributed by atoms with Crippen molar-refractivity contribution in [2.24, 2.45) is 0 Å². The molecule has 0 aliphatic carbocycles. The summed E-state index contributed by atoms with van der Waals surface area (Å²) in [6.07, 6.45) is -0.167. The molecule has 5 heavy (non-hydrogen) atoms. The summed E-state index contributed by atoms with van der Waals surface area (Å²) in [7, 11) is 0. The van der Waals surface area contributed by atoms with Gasteiger partial charge in [0.15, 0.2) is 0 Å². The van der Waals surface area contributed by atoms with Crippen molar-refractivity contribution in [2.45, 2.75) is 20.0 Å². The molecule has 3 radical (unpaired) electrons. The monoisotopic (exact) mass is 129 g/mol. The van der Waals surface area contributed by atoms with E-state index < -0.39 is 0 Å². The molecule has 0 saturated heterocycles. The maximum Gasteiger partial charge on any atom is 0.0483 e. The molecule has 0 aromatic heterocycles. The van der Waals surface area contributed by atoms with Gasteiger partial charge in [0.1, 0.15) is 0 Å². The van der Waals surface area contributed by atoms with Crippen molar-refractivity contribution in [3.05, 3.63) is 0 Å². The van der Waals surface area contributed by atoms with Gasteiger partial charge in [0, 0.05) is 25.9 Å². The molecule has 2 heteroatoms. The number of aliphatic hydroxyl groups excluding tert-OH is 1. The Morgan fingerprint density at radius 2 is 1.40 bits per heavy atom. The van der Waals surface area contributed by atoms with Crippen LogP contribution < -0.4 is 0 Å². The molecule has 29 valence electrons. The van der Waals surface area contributed by atoms with Crippen LogP contribution in [0, 0.1) is 0 Å². The van der Waals surface area contributed by atoms with E-state index in [0.29, 0.717) is 0 Å². The van der Waals surface area contributed by atoms with Gasteiger partial charge < -0.3 is 5.11 Å². The van der Waals surface area contributed by atoms with Crippen LogP contribution in [-0.2, 0) is 0 Å². The maximum atomic E-state index is 8.06. The van der Waals surface area contributed by atoms with Crippen LogP contribution in [0.2, 0.25) is 0 Å². The number of hydrogen-bond donors (Lipinski definition) is 1. The second-order valence-electron chi connectivity index (χ2n) is 1.09. The summed E-state index contributed by atoms with van der Waals surface area (Å²) >= 11 is 0. The smallest absolute Gasteiger partial charge is 0.0483 e. The molecular weight excluding hydrogens is 122 g/mol. The summed E-state index contributed by atoms with van der Waals surface area (Å²) in [6.45, 7) is 3.44. The van der Waals surface area contributed by atoms with Gasteiger partial charge in [-0.1, -0.05) is 0 Å². The maximum absolute atomic E-state index is 8.06. The van der Waals surface area contributed by atoms with Gasteiger partial charge in [-0.3, -0.25) is 0 Å². The number of rotatable bonds is 0. The topological polar surface area (TPSA) is 20.2 Å². The van der Waals surface area contributed by atoms with Gasteiger partial charge in [-0.05, 0) is 13.8 Å². The zero-order valence-electron chi connectivity index (χ0n) is 3.60. The molecule has 0 aromatic rings. The van der Waals surface area contributed by atoms with E-state index in [2.05, 4.69) is 0 Å². The van der Waals surface area contributed by atoms with Crippen molar-refractivity contribution in [3.63, 3.8) is 0 Å². The SMILES string of the molecule is CC(C)O.[Ga]. The summed E-state index contributed by atoms with van der Waals surface area (Å²) < 4.78 is 0. The second-order valence-corrected chi connectivity index (χ2v) is 1.09. The average Bonchev–Trinajstić information content (AvgIpc) is 0.811. The molecule has 0 atom stereocenters. The number of hydrogen-bond acceptors (Lipinski definition) is 1. The molecular formula is C3H8GaO. The van der Waals surface area contributed by atoms with Crippen molar-refractivity contribution < 1.29 is 5.11 Å². The fraction of sp³-hybridized carbons (Fsp3) is 1.00. The summed E-state index contributed by atoms with van der Waals surface area (Å²) in [5.74, 6) is 0. The Morgan fingerprint density at radius 1 is 1.40 bits per heavy atom. The molecule has 0 amide bonds. The van der Waals surface area contributed by atoms with E-state index in [1.807, 2.05) is 0 Å². The third-order valence-electron chi connectivity index (χ3n) is 0. The van der Waals surface area contributed by atoms with Gasteiger partial charge >= 0.3 is 0 Å². The quantitative estimate of drug-likeness (QED) is 0.457. The van der Waals surface area contributed by atoms with Crippen LogP contribution in [0.1, 0.15) is 13.8 Å². The Hall–Kier alpha value is 0.596. The molecule has 0 aromatic carbocycles. The Kier molecular flexibility index (Phi) is 8.40. The largest absolute Gasteiger partial charge is 0.394 e. The van der Waals surface area contributed by atoms with Crippen LogP contribution in [0.15, 0.2) is 0 Å². The van der Waals surface area contributed by atoms with E-state index in [4.69, 9.17) is 5.11 Å². The Balaban J connectivity index is 0. The van der Waals surface area contributed by atoms with Crippen molar-refractivity contribution in [1.82, 2.24) is 0 Å². The average molecular weight is 130 g/mol. The van der Waals surface area contributed by atoms with Crippen LogP contribution >= 0.6 is 0 Å². The zero-order chi connectivity index (χ0) is 3.58. The van der Waals surface area contributed by atoms with E-state index in [1.165, 1.54) is 0 Å². The summed E-state index contributed by atoms with van der Waals surface area (Å²) in [5, 5.41) is 8.06. The first-order chi connectivity index (χ1) is 1.73. The first-order valence-corrected chi connectivity index (χ1v) is 1.41. The van der Waals surface area contributed by atoms with Crippen molar-refractivity contribution in [1.29, 1.82) is 0 Å². The van der Waals surface area contributed by atoms with E-state index in [0.717, 1.165) is 0 Å². The minimum atomic E-state index is -0.167. The van der Waals surface area contributed by atoms with Gasteiger partial charge in [-0.25, -0.2) is 0 Å². The molecule has 0 heterocycles. The Morgan fingerprint density at radius 3 is 1.40 bits per heavy atom. The van der Waals surface area contributed by atoms with Crippen LogP contribution in [-0.4, -0.2) is 31.0 Å². The molecule has 0 bridgehead atoms. The molecule has 0 fully saturated rings. The van der Waals surface area contributed by atoms with E-state index in [1.54, 1.807) is 13.8 Å². The third kappa shape index (κ3) is 87.1. The zero-order valence-corrected chi connectivity index (χ0v) is 6.02. The molecule has 0 aliphatic rings. The predicted molar refractivity (Wildman–Crippen MR) is 23.1 cm³/mol. The molecule has 1 nitrogen and oxygen atoms in total. The first kappa shape index (κ1) is 9.14. The molecule has 0 rings (SSSR count). The Bertz CT molecular complexity index is 11.6. The third-order valence-corrected chi connectivity index (χ3v) is 0. The van der Waals surface area contributed by atoms with Gasteiger partial charge in [-0.15, -0.1) is 0 Å². The minimum Gasteiger partial charge on any atom is -0.394 e. The Labute approximate surface area is 45.4 Å². The predicted octanol–water partition coefficient (Wildman–Crippen LogP) is 0.00630. The molecule has 0 spiro atoms. The van der Waals surface area contributed by atoms with Crippen LogP contribution in [0.3, 0.4) is 0 Å². The second kappa shape index (κ2) is 4.60. The normalized spacial score (nSPS) is 7.20.